The molecular formula is C19H33NO3. The highest BCUT2D eigenvalue weighted by Gasteiger charge is 2.35. The fraction of sp³-hybridized carbons (Fsp3) is 0.895. The van der Waals surface area contributed by atoms with E-state index in [1.807, 2.05) is 25.7 Å². The molecule has 2 aliphatic rings. The van der Waals surface area contributed by atoms with Gasteiger partial charge in [0.25, 0.3) is 0 Å². The maximum atomic E-state index is 12.6. The first-order valence-electron chi connectivity index (χ1n) is 9.28. The zero-order valence-electron chi connectivity index (χ0n) is 15.3. The molecule has 4 heteroatoms. The van der Waals surface area contributed by atoms with Crippen molar-refractivity contribution in [3.8, 4) is 0 Å². The molecule has 2 unspecified atom stereocenters. The zero-order chi connectivity index (χ0) is 17.0. The van der Waals surface area contributed by atoms with Crippen LogP contribution >= 0.6 is 0 Å². The Morgan fingerprint density at radius 3 is 2.35 bits per heavy atom. The van der Waals surface area contributed by atoms with Crippen LogP contribution in [0.25, 0.3) is 0 Å². The van der Waals surface area contributed by atoms with Gasteiger partial charge in [0.2, 0.25) is 0 Å². The highest BCUT2D eigenvalue weighted by Crippen LogP contribution is 2.30. The minimum atomic E-state index is -0.488. The second-order valence-corrected chi connectivity index (χ2v) is 8.46. The number of ketones is 1. The first-order valence-corrected chi connectivity index (χ1v) is 9.28. The molecule has 0 radical (unpaired) electrons. The molecule has 0 aromatic carbocycles. The van der Waals surface area contributed by atoms with Crippen molar-refractivity contribution in [2.75, 3.05) is 6.54 Å². The molecule has 0 aromatic heterocycles. The second-order valence-electron chi connectivity index (χ2n) is 8.46. The molecule has 4 nitrogen and oxygen atoms in total. The van der Waals surface area contributed by atoms with Crippen LogP contribution < -0.4 is 0 Å². The molecule has 0 aromatic rings. The van der Waals surface area contributed by atoms with Crippen LogP contribution in [0.2, 0.25) is 0 Å². The molecule has 1 aliphatic heterocycles. The summed E-state index contributed by atoms with van der Waals surface area (Å²) in [7, 11) is 0. The number of rotatable bonds is 3. The molecule has 0 spiro atoms. The number of carbonyl (C=O) groups is 2. The molecule has 2 fully saturated rings. The summed E-state index contributed by atoms with van der Waals surface area (Å²) in [6.07, 6.45) is 7.83. The fourth-order valence-electron chi connectivity index (χ4n) is 3.83. The quantitative estimate of drug-likeness (QED) is 0.765. The Morgan fingerprint density at radius 1 is 1.09 bits per heavy atom. The lowest BCUT2D eigenvalue weighted by atomic mass is 9.82. The van der Waals surface area contributed by atoms with Crippen molar-refractivity contribution in [3.05, 3.63) is 0 Å². The summed E-state index contributed by atoms with van der Waals surface area (Å²) >= 11 is 0. The van der Waals surface area contributed by atoms with Crippen LogP contribution in [0, 0.1) is 11.8 Å². The number of amides is 1. The summed E-state index contributed by atoms with van der Waals surface area (Å²) in [4.78, 5) is 26.9. The summed E-state index contributed by atoms with van der Waals surface area (Å²) in [5.74, 6) is 1.15. The van der Waals surface area contributed by atoms with Crippen molar-refractivity contribution in [1.29, 1.82) is 0 Å². The minimum Gasteiger partial charge on any atom is -0.444 e. The van der Waals surface area contributed by atoms with Crippen LogP contribution in [0.5, 0.6) is 0 Å². The average Bonchev–Trinajstić information content (AvgIpc) is 2.46. The third kappa shape index (κ3) is 5.50. The van der Waals surface area contributed by atoms with Gasteiger partial charge in [0, 0.05) is 24.9 Å². The van der Waals surface area contributed by atoms with E-state index in [1.165, 1.54) is 19.3 Å². The first kappa shape index (κ1) is 18.3. The average molecular weight is 323 g/mol. The number of piperidine rings is 1. The molecule has 0 bridgehead atoms. The number of ether oxygens (including phenoxy) is 1. The number of Topliss-reactive ketones (excluding diaryl/α,β-unsaturated/α-hetero) is 1. The highest BCUT2D eigenvalue weighted by atomic mass is 16.6. The van der Waals surface area contributed by atoms with E-state index in [9.17, 15) is 9.59 Å². The summed E-state index contributed by atoms with van der Waals surface area (Å²) < 4.78 is 5.55. The van der Waals surface area contributed by atoms with Gasteiger partial charge >= 0.3 is 6.09 Å². The fourth-order valence-corrected chi connectivity index (χ4v) is 3.83. The number of hydrogen-bond donors (Lipinski definition) is 0. The van der Waals surface area contributed by atoms with Gasteiger partial charge in [0.15, 0.2) is 0 Å². The molecule has 23 heavy (non-hydrogen) atoms. The van der Waals surface area contributed by atoms with Gasteiger partial charge in [-0.3, -0.25) is 4.79 Å². The summed E-state index contributed by atoms with van der Waals surface area (Å²) in [5.41, 5.74) is -0.488. The van der Waals surface area contributed by atoms with E-state index in [0.29, 0.717) is 24.7 Å². The van der Waals surface area contributed by atoms with E-state index in [2.05, 4.69) is 6.92 Å². The van der Waals surface area contributed by atoms with Crippen molar-refractivity contribution in [1.82, 2.24) is 4.90 Å². The van der Waals surface area contributed by atoms with Crippen molar-refractivity contribution in [2.24, 2.45) is 11.8 Å². The number of carbonyl (C=O) groups excluding carboxylic acids is 2. The maximum absolute atomic E-state index is 12.6. The molecule has 132 valence electrons. The van der Waals surface area contributed by atoms with Gasteiger partial charge in [0.1, 0.15) is 11.4 Å². The predicted molar refractivity (Wildman–Crippen MR) is 91.3 cm³/mol. The summed E-state index contributed by atoms with van der Waals surface area (Å²) in [6.45, 7) is 8.59. The van der Waals surface area contributed by atoms with Crippen molar-refractivity contribution < 1.29 is 14.3 Å². The molecule has 2 rings (SSSR count). The monoisotopic (exact) mass is 323 g/mol. The zero-order valence-corrected chi connectivity index (χ0v) is 15.3. The van der Waals surface area contributed by atoms with E-state index >= 15 is 0 Å². The first-order chi connectivity index (χ1) is 10.8. The number of likely N-dealkylation sites (tertiary alicyclic amines) is 1. The largest absolute Gasteiger partial charge is 0.444 e. The van der Waals surface area contributed by atoms with Gasteiger partial charge in [-0.15, -0.1) is 0 Å². The van der Waals surface area contributed by atoms with Gasteiger partial charge in [-0.2, -0.15) is 0 Å². The van der Waals surface area contributed by atoms with E-state index in [1.54, 1.807) is 0 Å². The highest BCUT2D eigenvalue weighted by molar-refractivity contribution is 5.82. The molecule has 0 N–H and O–H groups in total. The summed E-state index contributed by atoms with van der Waals surface area (Å²) in [5, 5.41) is 0. The van der Waals surface area contributed by atoms with E-state index < -0.39 is 5.60 Å². The Labute approximate surface area is 140 Å². The van der Waals surface area contributed by atoms with Crippen LogP contribution in [0.4, 0.5) is 4.79 Å². The Morgan fingerprint density at radius 2 is 1.74 bits per heavy atom. The Hall–Kier alpha value is -1.06. The van der Waals surface area contributed by atoms with Crippen molar-refractivity contribution in [2.45, 2.75) is 90.7 Å². The molecule has 2 atom stereocenters. The standard InChI is InChI=1S/C19H33NO3/c1-14-10-11-20(18(22)23-19(2,3)4)16(12-14)13-17(21)15-8-6-5-7-9-15/h14-16H,5-13H2,1-4H3. The SMILES string of the molecule is CC1CCN(C(=O)OC(C)(C)C)C(CC(=O)C2CCCCC2)C1. The normalized spacial score (nSPS) is 26.9. The second kappa shape index (κ2) is 7.67. The molecule has 1 saturated carbocycles. The van der Waals surface area contributed by atoms with Gasteiger partial charge < -0.3 is 9.64 Å². The van der Waals surface area contributed by atoms with E-state index in [4.69, 9.17) is 4.74 Å². The van der Waals surface area contributed by atoms with Crippen molar-refractivity contribution >= 4 is 11.9 Å². The van der Waals surface area contributed by atoms with Crippen LogP contribution in [-0.2, 0) is 9.53 Å². The van der Waals surface area contributed by atoms with Crippen LogP contribution in [-0.4, -0.2) is 35.0 Å². The maximum Gasteiger partial charge on any atom is 0.410 e. The van der Waals surface area contributed by atoms with Crippen LogP contribution in [0.1, 0.15) is 79.1 Å². The van der Waals surface area contributed by atoms with Gasteiger partial charge in [-0.25, -0.2) is 4.79 Å². The minimum absolute atomic E-state index is 0.0167. The third-order valence-electron chi connectivity index (χ3n) is 5.10. The molecule has 1 amide bonds. The van der Waals surface area contributed by atoms with Crippen molar-refractivity contribution in [3.63, 3.8) is 0 Å². The predicted octanol–water partition coefficient (Wildman–Crippen LogP) is 4.56. The summed E-state index contributed by atoms with van der Waals surface area (Å²) in [6, 6.07) is 0.0167. The lowest BCUT2D eigenvalue weighted by Crippen LogP contribution is -2.49. The molecule has 1 heterocycles. The Balaban J connectivity index is 1.99. The van der Waals surface area contributed by atoms with Crippen LogP contribution in [0.15, 0.2) is 0 Å². The number of nitrogens with zero attached hydrogens (tertiary/aromatic N) is 1. The molecule has 1 aliphatic carbocycles. The molecular weight excluding hydrogens is 290 g/mol. The van der Waals surface area contributed by atoms with Crippen LogP contribution in [0.3, 0.4) is 0 Å². The van der Waals surface area contributed by atoms with E-state index in [-0.39, 0.29) is 18.1 Å². The van der Waals surface area contributed by atoms with E-state index in [0.717, 1.165) is 25.7 Å². The van der Waals surface area contributed by atoms with Gasteiger partial charge in [-0.05, 0) is 52.4 Å². The lowest BCUT2D eigenvalue weighted by Gasteiger charge is -2.39. The van der Waals surface area contributed by atoms with Gasteiger partial charge in [-0.1, -0.05) is 26.2 Å². The topological polar surface area (TPSA) is 46.6 Å². The lowest BCUT2D eigenvalue weighted by molar-refractivity contribution is -0.125. The Bertz CT molecular complexity index is 421. The number of hydrogen-bond acceptors (Lipinski definition) is 3. The van der Waals surface area contributed by atoms with Gasteiger partial charge in [0.05, 0.1) is 0 Å². The Kier molecular flexibility index (Phi) is 6.10. The smallest absolute Gasteiger partial charge is 0.410 e. The third-order valence-corrected chi connectivity index (χ3v) is 5.10. The molecule has 1 saturated heterocycles.